The molecule has 0 amide bonds. The summed E-state index contributed by atoms with van der Waals surface area (Å²) in [6.07, 6.45) is 9.15. The van der Waals surface area contributed by atoms with Crippen LogP contribution in [0.2, 0.25) is 5.02 Å². The molecule has 0 aliphatic carbocycles. The van der Waals surface area contributed by atoms with E-state index in [9.17, 15) is 4.79 Å². The van der Waals surface area contributed by atoms with Gasteiger partial charge in [-0.1, -0.05) is 24.9 Å². The second-order valence-corrected chi connectivity index (χ2v) is 6.06. The SMILES string of the molecule is CCCc1ncc(CN=CC2=C(C(C)=O)NC=CC2NC)cc1Cl. The fraction of sp³-hybridized carbons (Fsp3) is 0.389. The van der Waals surface area contributed by atoms with Gasteiger partial charge >= 0.3 is 0 Å². The van der Waals surface area contributed by atoms with Crippen LogP contribution in [0.5, 0.6) is 0 Å². The molecule has 24 heavy (non-hydrogen) atoms. The van der Waals surface area contributed by atoms with Gasteiger partial charge in [0.25, 0.3) is 0 Å². The summed E-state index contributed by atoms with van der Waals surface area (Å²) < 4.78 is 0. The smallest absolute Gasteiger partial charge is 0.176 e. The lowest BCUT2D eigenvalue weighted by Crippen LogP contribution is -2.34. The second-order valence-electron chi connectivity index (χ2n) is 5.65. The Morgan fingerprint density at radius 2 is 2.33 bits per heavy atom. The van der Waals surface area contributed by atoms with Crippen molar-refractivity contribution in [2.75, 3.05) is 7.05 Å². The molecule has 1 aromatic rings. The van der Waals surface area contributed by atoms with Crippen molar-refractivity contribution in [3.05, 3.63) is 52.1 Å². The number of likely N-dealkylation sites (N-methyl/N-ethyl adjacent to an activating group) is 1. The van der Waals surface area contributed by atoms with Gasteiger partial charge in [0.05, 0.1) is 29.0 Å². The fourth-order valence-corrected chi connectivity index (χ4v) is 2.82. The molecule has 2 N–H and O–H groups in total. The predicted octanol–water partition coefficient (Wildman–Crippen LogP) is 2.81. The number of ketones is 1. The number of halogens is 1. The van der Waals surface area contributed by atoms with Gasteiger partial charge in [0.2, 0.25) is 0 Å². The molecule has 1 unspecified atom stereocenters. The minimum atomic E-state index is -0.0393. The summed E-state index contributed by atoms with van der Waals surface area (Å²) in [6, 6.07) is 1.87. The van der Waals surface area contributed by atoms with Gasteiger partial charge in [-0.2, -0.15) is 0 Å². The highest BCUT2D eigenvalue weighted by Gasteiger charge is 2.19. The van der Waals surface area contributed by atoms with Crippen molar-refractivity contribution < 1.29 is 4.79 Å². The summed E-state index contributed by atoms with van der Waals surface area (Å²) >= 11 is 6.25. The van der Waals surface area contributed by atoms with Crippen LogP contribution in [-0.2, 0) is 17.8 Å². The number of aryl methyl sites for hydroxylation is 1. The Kier molecular flexibility index (Phi) is 6.70. The molecule has 2 heterocycles. The maximum absolute atomic E-state index is 11.8. The highest BCUT2D eigenvalue weighted by Crippen LogP contribution is 2.18. The zero-order valence-electron chi connectivity index (χ0n) is 14.3. The number of aromatic nitrogens is 1. The Morgan fingerprint density at radius 3 is 2.96 bits per heavy atom. The summed E-state index contributed by atoms with van der Waals surface area (Å²) in [6.45, 7) is 4.10. The summed E-state index contributed by atoms with van der Waals surface area (Å²) in [5.74, 6) is -0.0188. The summed E-state index contributed by atoms with van der Waals surface area (Å²) in [4.78, 5) is 20.6. The molecule has 0 spiro atoms. The summed E-state index contributed by atoms with van der Waals surface area (Å²) in [5, 5.41) is 6.84. The Balaban J connectivity index is 2.14. The first kappa shape index (κ1) is 18.4. The summed E-state index contributed by atoms with van der Waals surface area (Å²) in [5.41, 5.74) is 3.26. The van der Waals surface area contributed by atoms with E-state index in [-0.39, 0.29) is 11.8 Å². The molecule has 1 aliphatic rings. The number of hydrogen-bond acceptors (Lipinski definition) is 5. The van der Waals surface area contributed by atoms with Crippen LogP contribution in [0.25, 0.3) is 0 Å². The standard InChI is InChI=1S/C18H23ClN4O/c1-4-5-17-15(19)8-13(10-23-17)9-21-11-14-16(20-3)6-7-22-18(14)12(2)24/h6-8,10-11,16,20,22H,4-5,9H2,1-3H3. The Morgan fingerprint density at radius 1 is 1.54 bits per heavy atom. The number of Topliss-reactive ketones (excluding diaryl/α,β-unsaturated/α-hetero) is 1. The molecular weight excluding hydrogens is 324 g/mol. The third-order valence-corrected chi connectivity index (χ3v) is 4.10. The lowest BCUT2D eigenvalue weighted by atomic mass is 10.0. The molecule has 5 nitrogen and oxygen atoms in total. The van der Waals surface area contributed by atoms with Crippen LogP contribution < -0.4 is 10.6 Å². The number of aliphatic imine (C=N–C) groups is 1. The lowest BCUT2D eigenvalue weighted by Gasteiger charge is -2.21. The van der Waals surface area contributed by atoms with Gasteiger partial charge in [0.1, 0.15) is 0 Å². The summed E-state index contributed by atoms with van der Waals surface area (Å²) in [7, 11) is 1.85. The quantitative estimate of drug-likeness (QED) is 0.745. The molecule has 0 saturated heterocycles. The van der Waals surface area contributed by atoms with Gasteiger partial charge < -0.3 is 10.6 Å². The zero-order chi connectivity index (χ0) is 17.5. The van der Waals surface area contributed by atoms with E-state index in [1.807, 2.05) is 25.4 Å². The highest BCUT2D eigenvalue weighted by molar-refractivity contribution is 6.31. The monoisotopic (exact) mass is 346 g/mol. The van der Waals surface area contributed by atoms with E-state index in [4.69, 9.17) is 11.6 Å². The van der Waals surface area contributed by atoms with Crippen molar-refractivity contribution in [1.82, 2.24) is 15.6 Å². The number of carbonyl (C=O) groups is 1. The van der Waals surface area contributed by atoms with Crippen LogP contribution in [-0.4, -0.2) is 30.1 Å². The van der Waals surface area contributed by atoms with E-state index in [1.54, 1.807) is 12.4 Å². The van der Waals surface area contributed by atoms with Crippen LogP contribution in [0.1, 0.15) is 31.5 Å². The van der Waals surface area contributed by atoms with E-state index >= 15 is 0 Å². The molecule has 6 heteroatoms. The van der Waals surface area contributed by atoms with Crippen molar-refractivity contribution in [1.29, 1.82) is 0 Å². The molecule has 2 rings (SSSR count). The maximum atomic E-state index is 11.8. The molecule has 0 aromatic carbocycles. The normalized spacial score (nSPS) is 17.4. The Bertz CT molecular complexity index is 694. The number of hydrogen-bond donors (Lipinski definition) is 2. The van der Waals surface area contributed by atoms with Gasteiger partial charge in [0, 0.05) is 24.9 Å². The van der Waals surface area contributed by atoms with Crippen molar-refractivity contribution in [3.8, 4) is 0 Å². The topological polar surface area (TPSA) is 66.4 Å². The number of pyridine rings is 1. The van der Waals surface area contributed by atoms with E-state index in [1.165, 1.54) is 6.92 Å². The molecule has 1 aromatic heterocycles. The van der Waals surface area contributed by atoms with Crippen molar-refractivity contribution in [3.63, 3.8) is 0 Å². The third kappa shape index (κ3) is 4.52. The second kappa shape index (κ2) is 8.76. The first-order valence-electron chi connectivity index (χ1n) is 8.05. The van der Waals surface area contributed by atoms with E-state index in [2.05, 4.69) is 27.5 Å². The van der Waals surface area contributed by atoms with Gasteiger partial charge in [-0.05, 0) is 37.4 Å². The number of carbonyl (C=O) groups excluding carboxylic acids is 1. The average molecular weight is 347 g/mol. The lowest BCUT2D eigenvalue weighted by molar-refractivity contribution is -0.113. The third-order valence-electron chi connectivity index (χ3n) is 3.77. The number of dihydropyridines is 1. The average Bonchev–Trinajstić information content (AvgIpc) is 2.57. The Hall–Kier alpha value is -1.98. The largest absolute Gasteiger partial charge is 0.359 e. The number of nitrogens with zero attached hydrogens (tertiary/aromatic N) is 2. The molecule has 128 valence electrons. The van der Waals surface area contributed by atoms with Crippen molar-refractivity contribution >= 4 is 23.6 Å². The molecule has 0 bridgehead atoms. The van der Waals surface area contributed by atoms with Crippen LogP contribution in [0.3, 0.4) is 0 Å². The van der Waals surface area contributed by atoms with E-state index in [0.29, 0.717) is 17.3 Å². The Labute approximate surface area is 147 Å². The molecule has 0 radical (unpaired) electrons. The highest BCUT2D eigenvalue weighted by atomic mass is 35.5. The maximum Gasteiger partial charge on any atom is 0.176 e. The molecule has 0 saturated carbocycles. The predicted molar refractivity (Wildman–Crippen MR) is 98.3 cm³/mol. The number of rotatable bonds is 7. The van der Waals surface area contributed by atoms with Crippen LogP contribution in [0.4, 0.5) is 0 Å². The fourth-order valence-electron chi connectivity index (χ4n) is 2.53. The van der Waals surface area contributed by atoms with Crippen molar-refractivity contribution in [2.24, 2.45) is 4.99 Å². The number of allylic oxidation sites excluding steroid dienone is 1. The van der Waals surface area contributed by atoms with Gasteiger partial charge in [-0.15, -0.1) is 0 Å². The van der Waals surface area contributed by atoms with Crippen LogP contribution in [0, 0.1) is 0 Å². The molecule has 1 atom stereocenters. The minimum Gasteiger partial charge on any atom is -0.359 e. The molecule has 1 aliphatic heterocycles. The number of nitrogens with one attached hydrogen (secondary N) is 2. The zero-order valence-corrected chi connectivity index (χ0v) is 15.0. The van der Waals surface area contributed by atoms with Gasteiger partial charge in [-0.3, -0.25) is 14.8 Å². The van der Waals surface area contributed by atoms with Crippen LogP contribution >= 0.6 is 11.6 Å². The molecule has 0 fully saturated rings. The van der Waals surface area contributed by atoms with E-state index < -0.39 is 0 Å². The van der Waals surface area contributed by atoms with Gasteiger partial charge in [-0.25, -0.2) is 0 Å². The van der Waals surface area contributed by atoms with E-state index in [0.717, 1.165) is 29.7 Å². The first-order chi connectivity index (χ1) is 11.6. The minimum absolute atomic E-state index is 0.0188. The van der Waals surface area contributed by atoms with Crippen molar-refractivity contribution in [2.45, 2.75) is 39.3 Å². The van der Waals surface area contributed by atoms with Crippen LogP contribution in [0.15, 0.2) is 40.8 Å². The molecular formula is C18H23ClN4O. The van der Waals surface area contributed by atoms with Gasteiger partial charge in [0.15, 0.2) is 5.78 Å². The first-order valence-corrected chi connectivity index (χ1v) is 8.43.